The number of hydrogen-bond donors (Lipinski definition) is 0. The minimum Gasteiger partial charge on any atom is -0.490 e. The molecule has 2 nitrogen and oxygen atoms in total. The van der Waals surface area contributed by atoms with Crippen LogP contribution in [0.5, 0.6) is 5.75 Å². The van der Waals surface area contributed by atoms with Crippen LogP contribution in [0.15, 0.2) is 36.9 Å². The van der Waals surface area contributed by atoms with E-state index in [1.165, 1.54) is 15.1 Å². The maximum absolute atomic E-state index is 5.51. The Bertz CT molecular complexity index is 502. The quantitative estimate of drug-likeness (QED) is 0.749. The van der Waals surface area contributed by atoms with Crippen LogP contribution in [0.25, 0.3) is 10.1 Å². The molecule has 0 saturated heterocycles. The van der Waals surface area contributed by atoms with Crippen molar-refractivity contribution < 1.29 is 4.74 Å². The number of nitrogens with zero attached hydrogens (tertiary/aromatic N) is 1. The van der Waals surface area contributed by atoms with Gasteiger partial charge in [-0.05, 0) is 29.7 Å². The highest BCUT2D eigenvalue weighted by atomic mass is 32.1. The van der Waals surface area contributed by atoms with Crippen LogP contribution in [0, 0.1) is 0 Å². The van der Waals surface area contributed by atoms with E-state index in [0.29, 0.717) is 6.61 Å². The summed E-state index contributed by atoms with van der Waals surface area (Å²) in [5, 5.41) is 2.52. The Morgan fingerprint density at radius 3 is 2.88 bits per heavy atom. The molecular weight excluding hydrogens is 218 g/mol. The van der Waals surface area contributed by atoms with Crippen LogP contribution in [-0.4, -0.2) is 20.7 Å². The average Bonchev–Trinajstić information content (AvgIpc) is 2.69. The van der Waals surface area contributed by atoms with E-state index in [0.717, 1.165) is 5.75 Å². The molecule has 1 aromatic heterocycles. The lowest BCUT2D eigenvalue weighted by atomic mass is 10.2. The molecule has 1 heterocycles. The smallest absolute Gasteiger partial charge is 0.121 e. The molecule has 0 radical (unpaired) electrons. The number of anilines is 1. The van der Waals surface area contributed by atoms with Crippen molar-refractivity contribution in [1.29, 1.82) is 0 Å². The highest BCUT2D eigenvalue weighted by Crippen LogP contribution is 2.33. The van der Waals surface area contributed by atoms with Crippen molar-refractivity contribution in [2.45, 2.75) is 0 Å². The van der Waals surface area contributed by atoms with Crippen LogP contribution in [0.2, 0.25) is 0 Å². The molecule has 0 spiro atoms. The Morgan fingerprint density at radius 1 is 1.38 bits per heavy atom. The Morgan fingerprint density at radius 2 is 2.19 bits per heavy atom. The second-order valence-corrected chi connectivity index (χ2v) is 4.84. The third-order valence-electron chi connectivity index (χ3n) is 2.29. The van der Waals surface area contributed by atoms with Gasteiger partial charge in [0.25, 0.3) is 0 Å². The van der Waals surface area contributed by atoms with Gasteiger partial charge in [0.2, 0.25) is 0 Å². The van der Waals surface area contributed by atoms with Gasteiger partial charge in [0.15, 0.2) is 0 Å². The zero-order valence-corrected chi connectivity index (χ0v) is 10.4. The lowest BCUT2D eigenvalue weighted by molar-refractivity contribution is 0.364. The summed E-state index contributed by atoms with van der Waals surface area (Å²) >= 11 is 1.77. The molecule has 3 heteroatoms. The fourth-order valence-corrected chi connectivity index (χ4v) is 2.48. The number of thiophene rings is 1. The van der Waals surface area contributed by atoms with Crippen LogP contribution in [0.1, 0.15) is 0 Å². The summed E-state index contributed by atoms with van der Waals surface area (Å²) in [5.41, 5.74) is 0. The van der Waals surface area contributed by atoms with Crippen molar-refractivity contribution in [2.75, 3.05) is 25.6 Å². The number of rotatable bonds is 4. The van der Waals surface area contributed by atoms with E-state index in [1.807, 2.05) is 6.07 Å². The molecule has 0 saturated carbocycles. The van der Waals surface area contributed by atoms with Gasteiger partial charge in [-0.1, -0.05) is 12.7 Å². The Balaban J connectivity index is 2.34. The first kappa shape index (κ1) is 11.0. The normalized spacial score (nSPS) is 10.4. The van der Waals surface area contributed by atoms with Crippen LogP contribution < -0.4 is 9.64 Å². The maximum atomic E-state index is 5.51. The topological polar surface area (TPSA) is 12.5 Å². The van der Waals surface area contributed by atoms with Crippen LogP contribution in [0.3, 0.4) is 0 Å². The summed E-state index contributed by atoms with van der Waals surface area (Å²) in [6, 6.07) is 8.36. The first-order valence-electron chi connectivity index (χ1n) is 5.15. The average molecular weight is 233 g/mol. The van der Waals surface area contributed by atoms with Crippen molar-refractivity contribution >= 4 is 26.4 Å². The number of hydrogen-bond acceptors (Lipinski definition) is 3. The van der Waals surface area contributed by atoms with Crippen LogP contribution in [-0.2, 0) is 0 Å². The molecule has 0 aliphatic heterocycles. The first-order valence-corrected chi connectivity index (χ1v) is 5.97. The summed E-state index contributed by atoms with van der Waals surface area (Å²) in [6.45, 7) is 4.19. The largest absolute Gasteiger partial charge is 0.490 e. The van der Waals surface area contributed by atoms with E-state index >= 15 is 0 Å². The van der Waals surface area contributed by atoms with E-state index in [1.54, 1.807) is 17.4 Å². The van der Waals surface area contributed by atoms with Crippen molar-refractivity contribution in [3.63, 3.8) is 0 Å². The van der Waals surface area contributed by atoms with Gasteiger partial charge in [0.05, 0.1) is 5.00 Å². The summed E-state index contributed by atoms with van der Waals surface area (Å²) in [5.74, 6) is 0.902. The highest BCUT2D eigenvalue weighted by molar-refractivity contribution is 7.22. The monoisotopic (exact) mass is 233 g/mol. The molecule has 0 aliphatic rings. The van der Waals surface area contributed by atoms with E-state index in [-0.39, 0.29) is 0 Å². The third-order valence-corrected chi connectivity index (χ3v) is 3.55. The summed E-state index contributed by atoms with van der Waals surface area (Å²) < 4.78 is 6.76. The SMILES string of the molecule is C=CCOc1ccc2cc(N(C)C)sc2c1. The van der Waals surface area contributed by atoms with E-state index in [9.17, 15) is 0 Å². The lowest BCUT2D eigenvalue weighted by Gasteiger charge is -2.06. The van der Waals surface area contributed by atoms with Gasteiger partial charge in [-0.3, -0.25) is 0 Å². The van der Waals surface area contributed by atoms with Crippen molar-refractivity contribution in [1.82, 2.24) is 0 Å². The zero-order chi connectivity index (χ0) is 11.5. The Labute approximate surface area is 99.8 Å². The molecule has 0 atom stereocenters. The number of fused-ring (bicyclic) bond motifs is 1. The summed E-state index contributed by atoms with van der Waals surface area (Å²) in [4.78, 5) is 2.12. The van der Waals surface area contributed by atoms with E-state index in [4.69, 9.17) is 4.74 Å². The van der Waals surface area contributed by atoms with Crippen molar-refractivity contribution in [3.05, 3.63) is 36.9 Å². The van der Waals surface area contributed by atoms with Gasteiger partial charge in [-0.25, -0.2) is 0 Å². The standard InChI is InChI=1S/C13H15NOS/c1-4-7-15-11-6-5-10-8-13(14(2)3)16-12(10)9-11/h4-6,8-9H,1,7H2,2-3H3. The van der Waals surface area contributed by atoms with Crippen LogP contribution in [0.4, 0.5) is 5.00 Å². The first-order chi connectivity index (χ1) is 7.70. The predicted octanol–water partition coefficient (Wildman–Crippen LogP) is 3.53. The zero-order valence-electron chi connectivity index (χ0n) is 9.56. The molecule has 0 fully saturated rings. The molecule has 2 rings (SSSR count). The van der Waals surface area contributed by atoms with E-state index in [2.05, 4.69) is 43.8 Å². The van der Waals surface area contributed by atoms with Gasteiger partial charge in [-0.2, -0.15) is 0 Å². The van der Waals surface area contributed by atoms with Gasteiger partial charge >= 0.3 is 0 Å². The number of benzene rings is 1. The van der Waals surface area contributed by atoms with Gasteiger partial charge in [0.1, 0.15) is 12.4 Å². The van der Waals surface area contributed by atoms with Crippen molar-refractivity contribution in [2.24, 2.45) is 0 Å². The molecule has 0 N–H and O–H groups in total. The third kappa shape index (κ3) is 2.19. The molecule has 0 unspecified atom stereocenters. The number of ether oxygens (including phenoxy) is 1. The highest BCUT2D eigenvalue weighted by Gasteiger charge is 2.04. The minimum atomic E-state index is 0.553. The molecule has 1 aromatic carbocycles. The van der Waals surface area contributed by atoms with Crippen LogP contribution >= 0.6 is 11.3 Å². The molecule has 0 aliphatic carbocycles. The molecule has 16 heavy (non-hydrogen) atoms. The lowest BCUT2D eigenvalue weighted by Crippen LogP contribution is -2.05. The molecular formula is C13H15NOS. The molecule has 0 amide bonds. The second kappa shape index (κ2) is 4.58. The fourth-order valence-electron chi connectivity index (χ4n) is 1.46. The van der Waals surface area contributed by atoms with Gasteiger partial charge in [0, 0.05) is 18.8 Å². The van der Waals surface area contributed by atoms with Crippen molar-refractivity contribution in [3.8, 4) is 5.75 Å². The van der Waals surface area contributed by atoms with Gasteiger partial charge in [-0.15, -0.1) is 11.3 Å². The Kier molecular flexibility index (Phi) is 3.15. The second-order valence-electron chi connectivity index (χ2n) is 3.78. The Hall–Kier alpha value is -1.48. The summed E-state index contributed by atoms with van der Waals surface area (Å²) in [6.07, 6.45) is 1.75. The minimum absolute atomic E-state index is 0.553. The maximum Gasteiger partial charge on any atom is 0.121 e. The predicted molar refractivity (Wildman–Crippen MR) is 71.8 cm³/mol. The fraction of sp³-hybridized carbons (Fsp3) is 0.231. The molecule has 84 valence electrons. The molecule has 2 aromatic rings. The summed E-state index contributed by atoms with van der Waals surface area (Å²) in [7, 11) is 4.11. The molecule has 0 bridgehead atoms. The van der Waals surface area contributed by atoms with Gasteiger partial charge < -0.3 is 9.64 Å². The van der Waals surface area contributed by atoms with E-state index < -0.39 is 0 Å².